The molecule has 2 aliphatic rings. The Kier molecular flexibility index (Phi) is 5.45. The number of aromatic amines is 1. The molecule has 8 heteroatoms. The van der Waals surface area contributed by atoms with Crippen LogP contribution in [0.25, 0.3) is 5.52 Å². The van der Waals surface area contributed by atoms with Crippen molar-refractivity contribution in [3.63, 3.8) is 0 Å². The molecule has 32 heavy (non-hydrogen) atoms. The third-order valence-electron chi connectivity index (χ3n) is 6.88. The topological polar surface area (TPSA) is 86.6 Å². The molecule has 2 saturated heterocycles. The minimum atomic E-state index is 0.00552. The van der Waals surface area contributed by atoms with E-state index in [1.165, 1.54) is 12.0 Å². The van der Waals surface area contributed by atoms with Crippen LogP contribution in [-0.4, -0.2) is 67.4 Å². The number of amides is 2. The summed E-state index contributed by atoms with van der Waals surface area (Å²) in [5.41, 5.74) is 4.13. The zero-order valence-electron chi connectivity index (χ0n) is 18.8. The van der Waals surface area contributed by atoms with Gasteiger partial charge < -0.3 is 14.8 Å². The molecule has 5 heterocycles. The number of nitrogens with one attached hydrogen (secondary N) is 1. The summed E-state index contributed by atoms with van der Waals surface area (Å²) in [5, 5.41) is 4.41. The molecule has 0 aliphatic carbocycles. The molecule has 8 nitrogen and oxygen atoms in total. The monoisotopic (exact) mass is 434 g/mol. The predicted molar refractivity (Wildman–Crippen MR) is 121 cm³/mol. The van der Waals surface area contributed by atoms with Crippen LogP contribution < -0.4 is 0 Å². The fourth-order valence-corrected chi connectivity index (χ4v) is 5.07. The van der Waals surface area contributed by atoms with Crippen LogP contribution in [0, 0.1) is 13.8 Å². The van der Waals surface area contributed by atoms with E-state index in [0.29, 0.717) is 30.3 Å². The minimum Gasteiger partial charge on any atom is -0.346 e. The molecule has 0 atom stereocenters. The number of fused-ring (bicyclic) bond motifs is 1. The lowest BCUT2D eigenvalue weighted by atomic mass is 9.89. The number of hydrogen-bond donors (Lipinski definition) is 1. The standard InChI is InChI=1S/C24H30N6O2/c1-16-22(27-17(2)26-16)24(32)29-11-6-18(7-12-29)19-8-13-30-21(14-19)20(15-25-30)23(31)28-9-4-3-5-10-28/h8,13-15,18H,3-7,9-12H2,1-2H3,(H,26,27). The Morgan fingerprint density at radius 1 is 1.00 bits per heavy atom. The normalized spacial score (nSPS) is 17.8. The van der Waals surface area contributed by atoms with E-state index in [1.807, 2.05) is 29.8 Å². The number of piperidine rings is 2. The van der Waals surface area contributed by atoms with Gasteiger partial charge in [-0.1, -0.05) is 0 Å². The van der Waals surface area contributed by atoms with Gasteiger partial charge in [0.25, 0.3) is 11.8 Å². The van der Waals surface area contributed by atoms with Crippen LogP contribution in [0.2, 0.25) is 0 Å². The fraction of sp³-hybridized carbons (Fsp3) is 0.500. The van der Waals surface area contributed by atoms with Crippen molar-refractivity contribution in [2.24, 2.45) is 0 Å². The van der Waals surface area contributed by atoms with Gasteiger partial charge in [0, 0.05) is 38.1 Å². The molecule has 0 bridgehead atoms. The molecule has 0 saturated carbocycles. The number of carbonyl (C=O) groups is 2. The number of likely N-dealkylation sites (tertiary alicyclic amines) is 2. The summed E-state index contributed by atoms with van der Waals surface area (Å²) < 4.78 is 1.79. The van der Waals surface area contributed by atoms with Gasteiger partial charge in [-0.05, 0) is 69.6 Å². The summed E-state index contributed by atoms with van der Waals surface area (Å²) >= 11 is 0. The largest absolute Gasteiger partial charge is 0.346 e. The Balaban J connectivity index is 1.31. The maximum absolute atomic E-state index is 13.1. The lowest BCUT2D eigenvalue weighted by Crippen LogP contribution is -2.38. The molecule has 0 spiro atoms. The molecular weight excluding hydrogens is 404 g/mol. The first-order chi connectivity index (χ1) is 15.5. The molecule has 3 aromatic rings. The number of carbonyl (C=O) groups excluding carboxylic acids is 2. The Morgan fingerprint density at radius 2 is 1.72 bits per heavy atom. The van der Waals surface area contributed by atoms with Gasteiger partial charge in [-0.2, -0.15) is 5.10 Å². The molecule has 2 amide bonds. The summed E-state index contributed by atoms with van der Waals surface area (Å²) in [4.78, 5) is 37.3. The summed E-state index contributed by atoms with van der Waals surface area (Å²) in [6, 6.07) is 4.21. The Morgan fingerprint density at radius 3 is 2.41 bits per heavy atom. The van der Waals surface area contributed by atoms with Crippen molar-refractivity contribution >= 4 is 17.3 Å². The molecular formula is C24H30N6O2. The Hall–Kier alpha value is -3.16. The van der Waals surface area contributed by atoms with E-state index < -0.39 is 0 Å². The molecule has 0 radical (unpaired) electrons. The van der Waals surface area contributed by atoms with E-state index in [1.54, 1.807) is 10.7 Å². The van der Waals surface area contributed by atoms with E-state index >= 15 is 0 Å². The number of hydrogen-bond acceptors (Lipinski definition) is 4. The Labute approximate surface area is 187 Å². The fourth-order valence-electron chi connectivity index (χ4n) is 5.07. The van der Waals surface area contributed by atoms with Crippen LogP contribution in [0.3, 0.4) is 0 Å². The number of H-pyrrole nitrogens is 1. The van der Waals surface area contributed by atoms with Crippen molar-refractivity contribution in [3.05, 3.63) is 52.9 Å². The van der Waals surface area contributed by atoms with Gasteiger partial charge in [0.05, 0.1) is 17.3 Å². The smallest absolute Gasteiger partial charge is 0.274 e. The van der Waals surface area contributed by atoms with Gasteiger partial charge in [-0.3, -0.25) is 9.59 Å². The summed E-state index contributed by atoms with van der Waals surface area (Å²) in [6.07, 6.45) is 8.79. The molecule has 2 fully saturated rings. The highest BCUT2D eigenvalue weighted by molar-refractivity contribution is 6.00. The number of aromatic nitrogens is 4. The van der Waals surface area contributed by atoms with E-state index in [0.717, 1.165) is 55.8 Å². The lowest BCUT2D eigenvalue weighted by Gasteiger charge is -2.32. The first-order valence-electron chi connectivity index (χ1n) is 11.6. The highest BCUT2D eigenvalue weighted by Crippen LogP contribution is 2.30. The van der Waals surface area contributed by atoms with Crippen LogP contribution in [-0.2, 0) is 0 Å². The lowest BCUT2D eigenvalue weighted by molar-refractivity contribution is 0.0703. The Bertz CT molecular complexity index is 1150. The van der Waals surface area contributed by atoms with E-state index in [-0.39, 0.29) is 11.8 Å². The number of pyridine rings is 1. The van der Waals surface area contributed by atoms with Crippen molar-refractivity contribution < 1.29 is 9.59 Å². The zero-order valence-corrected chi connectivity index (χ0v) is 18.8. The SMILES string of the molecule is Cc1nc(C(=O)N2CCC(c3ccn4ncc(C(=O)N5CCCCC5)c4c3)CC2)c(C)[nH]1. The highest BCUT2D eigenvalue weighted by Gasteiger charge is 2.28. The maximum atomic E-state index is 13.1. The molecule has 0 aromatic carbocycles. The van der Waals surface area contributed by atoms with Crippen LogP contribution in [0.15, 0.2) is 24.5 Å². The van der Waals surface area contributed by atoms with E-state index in [2.05, 4.69) is 27.2 Å². The third-order valence-corrected chi connectivity index (χ3v) is 6.88. The van der Waals surface area contributed by atoms with Crippen LogP contribution in [0.4, 0.5) is 0 Å². The van der Waals surface area contributed by atoms with Gasteiger partial charge in [0.2, 0.25) is 0 Å². The van der Waals surface area contributed by atoms with Crippen molar-refractivity contribution in [2.75, 3.05) is 26.2 Å². The highest BCUT2D eigenvalue weighted by atomic mass is 16.2. The minimum absolute atomic E-state index is 0.00552. The van der Waals surface area contributed by atoms with Gasteiger partial charge in [0.1, 0.15) is 11.5 Å². The van der Waals surface area contributed by atoms with Crippen LogP contribution >= 0.6 is 0 Å². The summed E-state index contributed by atoms with van der Waals surface area (Å²) in [6.45, 7) is 6.84. The number of aryl methyl sites for hydroxylation is 2. The molecule has 1 N–H and O–H groups in total. The first-order valence-corrected chi connectivity index (χ1v) is 11.6. The van der Waals surface area contributed by atoms with Crippen molar-refractivity contribution in [2.45, 2.75) is 51.9 Å². The molecule has 3 aromatic heterocycles. The average Bonchev–Trinajstić information content (AvgIpc) is 3.40. The molecule has 168 valence electrons. The van der Waals surface area contributed by atoms with Gasteiger partial charge in [-0.25, -0.2) is 9.50 Å². The molecule has 5 rings (SSSR count). The van der Waals surface area contributed by atoms with Gasteiger partial charge in [0.15, 0.2) is 0 Å². The zero-order chi connectivity index (χ0) is 22.2. The second-order valence-corrected chi connectivity index (χ2v) is 9.06. The van der Waals surface area contributed by atoms with E-state index in [4.69, 9.17) is 0 Å². The van der Waals surface area contributed by atoms with Crippen LogP contribution in [0.5, 0.6) is 0 Å². The second-order valence-electron chi connectivity index (χ2n) is 9.06. The second kappa shape index (κ2) is 8.41. The third kappa shape index (κ3) is 3.78. The molecule has 0 unspecified atom stereocenters. The summed E-state index contributed by atoms with van der Waals surface area (Å²) in [5.74, 6) is 1.22. The average molecular weight is 435 g/mol. The van der Waals surface area contributed by atoms with Crippen molar-refractivity contribution in [3.8, 4) is 0 Å². The number of nitrogens with zero attached hydrogens (tertiary/aromatic N) is 5. The van der Waals surface area contributed by atoms with Crippen LogP contribution in [0.1, 0.15) is 76.0 Å². The number of rotatable bonds is 3. The van der Waals surface area contributed by atoms with Gasteiger partial charge >= 0.3 is 0 Å². The summed E-state index contributed by atoms with van der Waals surface area (Å²) in [7, 11) is 0. The first kappa shape index (κ1) is 20.7. The van der Waals surface area contributed by atoms with E-state index in [9.17, 15) is 9.59 Å². The van der Waals surface area contributed by atoms with Crippen molar-refractivity contribution in [1.29, 1.82) is 0 Å². The maximum Gasteiger partial charge on any atom is 0.274 e. The quantitative estimate of drug-likeness (QED) is 0.685. The predicted octanol–water partition coefficient (Wildman–Crippen LogP) is 3.32. The van der Waals surface area contributed by atoms with Gasteiger partial charge in [-0.15, -0.1) is 0 Å². The van der Waals surface area contributed by atoms with Crippen molar-refractivity contribution in [1.82, 2.24) is 29.4 Å². The number of imidazole rings is 1. The molecule has 2 aliphatic heterocycles.